The van der Waals surface area contributed by atoms with Gasteiger partial charge in [-0.15, -0.1) is 0 Å². The Morgan fingerprint density at radius 2 is 2.06 bits per heavy atom. The fourth-order valence-electron chi connectivity index (χ4n) is 4.66. The highest BCUT2D eigenvalue weighted by molar-refractivity contribution is 6.34. The van der Waals surface area contributed by atoms with Crippen molar-refractivity contribution >= 4 is 23.3 Å². The van der Waals surface area contributed by atoms with Crippen molar-refractivity contribution in [1.29, 1.82) is 5.26 Å². The summed E-state index contributed by atoms with van der Waals surface area (Å²) in [4.78, 5) is 14.3. The van der Waals surface area contributed by atoms with Crippen LogP contribution in [-0.2, 0) is 11.2 Å². The molecule has 1 fully saturated rings. The molecule has 0 aliphatic carbocycles. The molecule has 2 unspecified atom stereocenters. The Hall–Kier alpha value is -2.82. The molecular formula is C25H27ClFN3O3. The number of anilines is 1. The van der Waals surface area contributed by atoms with Gasteiger partial charge in [0.2, 0.25) is 0 Å². The van der Waals surface area contributed by atoms with Crippen LogP contribution in [0.3, 0.4) is 0 Å². The summed E-state index contributed by atoms with van der Waals surface area (Å²) in [6.45, 7) is 4.28. The molecule has 0 saturated carbocycles. The number of rotatable bonds is 5. The molecule has 0 radical (unpaired) electrons. The maximum atomic E-state index is 13.2. The monoisotopic (exact) mass is 471 g/mol. The van der Waals surface area contributed by atoms with E-state index in [-0.39, 0.29) is 23.5 Å². The normalized spacial score (nSPS) is 20.5. The van der Waals surface area contributed by atoms with Crippen LogP contribution in [0.4, 0.5) is 10.1 Å². The van der Waals surface area contributed by atoms with Gasteiger partial charge in [0, 0.05) is 19.1 Å². The number of nitrogens with one attached hydrogen (secondary N) is 1. The third kappa shape index (κ3) is 4.92. The van der Waals surface area contributed by atoms with Crippen LogP contribution in [0.5, 0.6) is 5.75 Å². The van der Waals surface area contributed by atoms with Gasteiger partial charge in [0.1, 0.15) is 17.7 Å². The summed E-state index contributed by atoms with van der Waals surface area (Å²) in [7, 11) is 1.32. The Balaban J connectivity index is 1.41. The molecule has 0 spiro atoms. The fourth-order valence-corrected chi connectivity index (χ4v) is 4.90. The quantitative estimate of drug-likeness (QED) is 0.638. The number of hydrogen-bond acceptors (Lipinski definition) is 6. The number of carbonyl (C=O) groups excluding carboxylic acids is 1. The number of esters is 1. The molecule has 6 nitrogen and oxygen atoms in total. The number of nitriles is 1. The smallest absolute Gasteiger partial charge is 0.339 e. The van der Waals surface area contributed by atoms with Crippen LogP contribution in [0, 0.1) is 22.6 Å². The van der Waals surface area contributed by atoms with Crippen molar-refractivity contribution in [1.82, 2.24) is 4.90 Å². The first-order valence-electron chi connectivity index (χ1n) is 11.1. The van der Waals surface area contributed by atoms with E-state index in [4.69, 9.17) is 21.1 Å². The highest BCUT2D eigenvalue weighted by atomic mass is 35.5. The van der Waals surface area contributed by atoms with Crippen molar-refractivity contribution in [2.24, 2.45) is 5.41 Å². The molecule has 2 heterocycles. The van der Waals surface area contributed by atoms with Crippen molar-refractivity contribution in [3.63, 3.8) is 0 Å². The number of methoxy groups -OCH3 is 1. The van der Waals surface area contributed by atoms with Gasteiger partial charge in [-0.2, -0.15) is 5.26 Å². The maximum Gasteiger partial charge on any atom is 0.339 e. The first kappa shape index (κ1) is 23.3. The van der Waals surface area contributed by atoms with E-state index in [1.165, 1.54) is 19.2 Å². The minimum absolute atomic E-state index is 0.102. The first-order chi connectivity index (χ1) is 15.8. The van der Waals surface area contributed by atoms with Crippen LogP contribution in [0.15, 0.2) is 36.4 Å². The van der Waals surface area contributed by atoms with E-state index in [1.807, 2.05) is 0 Å². The zero-order valence-corrected chi connectivity index (χ0v) is 19.5. The van der Waals surface area contributed by atoms with Gasteiger partial charge in [-0.05, 0) is 56.0 Å². The molecule has 4 rings (SSSR count). The molecule has 33 heavy (non-hydrogen) atoms. The molecule has 174 valence electrons. The summed E-state index contributed by atoms with van der Waals surface area (Å²) >= 11 is 6.21. The van der Waals surface area contributed by atoms with E-state index >= 15 is 0 Å². The van der Waals surface area contributed by atoms with E-state index in [9.17, 15) is 14.4 Å². The SMILES string of the molecule is COC(=O)c1cc2c(cc1Cl)NCC(C(C)N1CCC(C#N)(Cc3ccc(F)cc3)CC1)O2. The van der Waals surface area contributed by atoms with Gasteiger partial charge in [-0.1, -0.05) is 23.7 Å². The van der Waals surface area contributed by atoms with E-state index < -0.39 is 11.4 Å². The summed E-state index contributed by atoms with van der Waals surface area (Å²) in [5.41, 5.74) is 1.55. The van der Waals surface area contributed by atoms with E-state index in [2.05, 4.69) is 23.2 Å². The molecular weight excluding hydrogens is 445 g/mol. The van der Waals surface area contributed by atoms with Crippen molar-refractivity contribution in [2.75, 3.05) is 32.1 Å². The Morgan fingerprint density at radius 1 is 1.36 bits per heavy atom. The number of halogens is 2. The third-order valence-corrected chi connectivity index (χ3v) is 7.12. The molecule has 0 bridgehead atoms. The number of nitrogens with zero attached hydrogens (tertiary/aromatic N) is 2. The molecule has 0 aromatic heterocycles. The number of fused-ring (bicyclic) bond motifs is 1. The molecule has 8 heteroatoms. The zero-order valence-electron chi connectivity index (χ0n) is 18.7. The number of ether oxygens (including phenoxy) is 2. The molecule has 2 aromatic carbocycles. The third-order valence-electron chi connectivity index (χ3n) is 6.81. The van der Waals surface area contributed by atoms with Crippen molar-refractivity contribution < 1.29 is 18.7 Å². The molecule has 1 saturated heterocycles. The van der Waals surface area contributed by atoms with Crippen molar-refractivity contribution in [2.45, 2.75) is 38.3 Å². The summed E-state index contributed by atoms with van der Waals surface area (Å²) in [5.74, 6) is -0.203. The summed E-state index contributed by atoms with van der Waals surface area (Å²) in [6.07, 6.45) is 1.97. The van der Waals surface area contributed by atoms with Gasteiger partial charge in [0.25, 0.3) is 0 Å². The van der Waals surface area contributed by atoms with Gasteiger partial charge >= 0.3 is 5.97 Å². The fraction of sp³-hybridized carbons (Fsp3) is 0.440. The standard InChI is InChI=1S/C25H27ClFN3O3/c1-16(23-14-29-21-12-20(26)19(24(31)32-2)11-22(21)33-23)30-9-7-25(15-28,8-10-30)13-17-3-5-18(27)6-4-17/h3-6,11-12,16,23,29H,7-10,13-14H2,1-2H3. The van der Waals surface area contributed by atoms with Gasteiger partial charge in [0.15, 0.2) is 0 Å². The average molecular weight is 472 g/mol. The Labute approximate surface area is 198 Å². The molecule has 2 aromatic rings. The highest BCUT2D eigenvalue weighted by Crippen LogP contribution is 2.38. The highest BCUT2D eigenvalue weighted by Gasteiger charge is 2.38. The van der Waals surface area contributed by atoms with Crippen LogP contribution in [0.25, 0.3) is 0 Å². The molecule has 2 aliphatic rings. The predicted octanol–water partition coefficient (Wildman–Crippen LogP) is 4.68. The van der Waals surface area contributed by atoms with Crippen LogP contribution >= 0.6 is 11.6 Å². The zero-order chi connectivity index (χ0) is 23.6. The van der Waals surface area contributed by atoms with Crippen LogP contribution in [0.1, 0.15) is 35.7 Å². The maximum absolute atomic E-state index is 13.2. The lowest BCUT2D eigenvalue weighted by molar-refractivity contribution is 0.0429. The van der Waals surface area contributed by atoms with Crippen LogP contribution in [-0.4, -0.2) is 49.8 Å². The Kier molecular flexibility index (Phi) is 6.78. The number of likely N-dealkylation sites (tertiary alicyclic amines) is 1. The van der Waals surface area contributed by atoms with Crippen molar-refractivity contribution in [3.05, 3.63) is 58.4 Å². The van der Waals surface area contributed by atoms with E-state index in [0.29, 0.717) is 23.7 Å². The second-order valence-electron chi connectivity index (χ2n) is 8.83. The summed E-state index contributed by atoms with van der Waals surface area (Å²) in [6, 6.07) is 12.4. The lowest BCUT2D eigenvalue weighted by atomic mass is 9.74. The van der Waals surface area contributed by atoms with Gasteiger partial charge in [-0.25, -0.2) is 9.18 Å². The van der Waals surface area contributed by atoms with Gasteiger partial charge in [-0.3, -0.25) is 4.90 Å². The predicted molar refractivity (Wildman–Crippen MR) is 124 cm³/mol. The Bertz CT molecular complexity index is 1060. The summed E-state index contributed by atoms with van der Waals surface area (Å²) < 4.78 is 24.3. The first-order valence-corrected chi connectivity index (χ1v) is 11.4. The molecule has 2 aliphatic heterocycles. The van der Waals surface area contributed by atoms with Gasteiger partial charge in [0.05, 0.1) is 41.4 Å². The van der Waals surface area contributed by atoms with Crippen LogP contribution < -0.4 is 10.1 Å². The minimum atomic E-state index is -0.508. The molecule has 0 amide bonds. The second-order valence-corrected chi connectivity index (χ2v) is 9.24. The number of hydrogen-bond donors (Lipinski definition) is 1. The van der Waals surface area contributed by atoms with Crippen LogP contribution in [0.2, 0.25) is 5.02 Å². The topological polar surface area (TPSA) is 74.6 Å². The lowest BCUT2D eigenvalue weighted by Crippen LogP contribution is -2.52. The van der Waals surface area contributed by atoms with Gasteiger partial charge < -0.3 is 14.8 Å². The summed E-state index contributed by atoms with van der Waals surface area (Å²) in [5, 5.41) is 13.6. The minimum Gasteiger partial charge on any atom is -0.485 e. The number of carbonyl (C=O) groups is 1. The number of benzene rings is 2. The van der Waals surface area contributed by atoms with E-state index in [0.717, 1.165) is 37.2 Å². The average Bonchev–Trinajstić information content (AvgIpc) is 2.84. The largest absolute Gasteiger partial charge is 0.485 e. The van der Waals surface area contributed by atoms with E-state index in [1.54, 1.807) is 24.3 Å². The van der Waals surface area contributed by atoms with Crippen molar-refractivity contribution in [3.8, 4) is 11.8 Å². The second kappa shape index (κ2) is 9.58. The molecule has 2 atom stereocenters. The molecule has 1 N–H and O–H groups in total. The lowest BCUT2D eigenvalue weighted by Gasteiger charge is -2.43. The Morgan fingerprint density at radius 3 is 2.70 bits per heavy atom. The number of piperidine rings is 1.